The Kier molecular flexibility index (Phi) is 5.11. The number of aryl methyl sites for hydroxylation is 1. The molecule has 1 aliphatic rings. The average Bonchev–Trinajstić information content (AvgIpc) is 2.95. The lowest BCUT2D eigenvalue weighted by atomic mass is 10.1. The maximum Gasteiger partial charge on any atom is 0.229 e. The largest absolute Gasteiger partial charge is 0.323 e. The van der Waals surface area contributed by atoms with Crippen LogP contribution in [0.15, 0.2) is 40.9 Å². The topological polar surface area (TPSA) is 49.4 Å². The van der Waals surface area contributed by atoms with Crippen molar-refractivity contribution in [3.05, 3.63) is 57.3 Å². The number of hydrogen-bond donors (Lipinski definition) is 1. The van der Waals surface area contributed by atoms with Gasteiger partial charge in [-0.1, -0.05) is 33.6 Å². The second-order valence-electron chi connectivity index (χ2n) is 5.95. The summed E-state index contributed by atoms with van der Waals surface area (Å²) in [5, 5.41) is 3.12. The molecule has 2 amide bonds. The number of rotatable bonds is 3. The van der Waals surface area contributed by atoms with Gasteiger partial charge < -0.3 is 10.2 Å². The van der Waals surface area contributed by atoms with Crippen LogP contribution in [-0.2, 0) is 9.59 Å². The maximum absolute atomic E-state index is 13.9. The minimum Gasteiger partial charge on any atom is -0.323 e. The third-order valence-corrected chi connectivity index (χ3v) is 5.05. The Hall–Kier alpha value is -1.92. The second kappa shape index (κ2) is 7.14. The highest BCUT2D eigenvalue weighted by atomic mass is 79.9. The Labute approximate surface area is 158 Å². The number of carbonyl (C=O) groups is 2. The van der Waals surface area contributed by atoms with Gasteiger partial charge in [0.2, 0.25) is 11.8 Å². The van der Waals surface area contributed by atoms with Crippen LogP contribution >= 0.6 is 27.5 Å². The maximum atomic E-state index is 13.9. The molecule has 0 radical (unpaired) electrons. The van der Waals surface area contributed by atoms with Crippen molar-refractivity contribution in [1.82, 2.24) is 0 Å². The average molecular weight is 426 g/mol. The summed E-state index contributed by atoms with van der Waals surface area (Å²) >= 11 is 9.28. The molecule has 7 heteroatoms. The van der Waals surface area contributed by atoms with Crippen molar-refractivity contribution in [2.45, 2.75) is 13.3 Å². The Balaban J connectivity index is 1.73. The predicted molar refractivity (Wildman–Crippen MR) is 99.4 cm³/mol. The van der Waals surface area contributed by atoms with E-state index in [1.165, 1.54) is 17.0 Å². The molecule has 0 bridgehead atoms. The van der Waals surface area contributed by atoms with Crippen molar-refractivity contribution >= 4 is 50.7 Å². The summed E-state index contributed by atoms with van der Waals surface area (Å²) in [5.74, 6) is -1.61. The van der Waals surface area contributed by atoms with Gasteiger partial charge in [0, 0.05) is 28.1 Å². The molecule has 1 aliphatic heterocycles. The summed E-state index contributed by atoms with van der Waals surface area (Å²) in [6.07, 6.45) is 0.0788. The van der Waals surface area contributed by atoms with Gasteiger partial charge in [-0.3, -0.25) is 9.59 Å². The molecule has 1 fully saturated rings. The SMILES string of the molecule is Cc1ccc(N2CC(C(=O)Nc3ccc(Br)cc3F)CC2=O)cc1Cl. The number of hydrogen-bond acceptors (Lipinski definition) is 2. The van der Waals surface area contributed by atoms with Crippen LogP contribution in [0.25, 0.3) is 0 Å². The number of halogens is 3. The van der Waals surface area contributed by atoms with E-state index in [2.05, 4.69) is 21.2 Å². The minimum atomic E-state index is -0.546. The Morgan fingerprint density at radius 3 is 2.76 bits per heavy atom. The van der Waals surface area contributed by atoms with Crippen LogP contribution in [0, 0.1) is 18.7 Å². The van der Waals surface area contributed by atoms with E-state index < -0.39 is 11.7 Å². The second-order valence-corrected chi connectivity index (χ2v) is 7.28. The van der Waals surface area contributed by atoms with Gasteiger partial charge in [0.25, 0.3) is 0 Å². The van der Waals surface area contributed by atoms with E-state index in [4.69, 9.17) is 11.6 Å². The molecular weight excluding hydrogens is 411 g/mol. The highest BCUT2D eigenvalue weighted by molar-refractivity contribution is 9.10. The van der Waals surface area contributed by atoms with Crippen LogP contribution in [0.4, 0.5) is 15.8 Å². The molecule has 0 saturated carbocycles. The van der Waals surface area contributed by atoms with E-state index in [9.17, 15) is 14.0 Å². The molecule has 130 valence electrons. The molecule has 4 nitrogen and oxygen atoms in total. The molecule has 25 heavy (non-hydrogen) atoms. The van der Waals surface area contributed by atoms with Crippen molar-refractivity contribution in [2.24, 2.45) is 5.92 Å². The lowest BCUT2D eigenvalue weighted by molar-refractivity contribution is -0.122. The standard InChI is InChI=1S/C18H15BrClFN2O2/c1-10-2-4-13(8-14(10)20)23-9-11(6-17(23)24)18(25)22-16-5-3-12(19)7-15(16)21/h2-5,7-8,11H,6,9H2,1H3,(H,22,25). The van der Waals surface area contributed by atoms with Crippen LogP contribution in [-0.4, -0.2) is 18.4 Å². The summed E-state index contributed by atoms with van der Waals surface area (Å²) in [6.45, 7) is 2.11. The van der Waals surface area contributed by atoms with E-state index in [1.807, 2.05) is 13.0 Å². The predicted octanol–water partition coefficient (Wildman–Crippen LogP) is 4.54. The van der Waals surface area contributed by atoms with Gasteiger partial charge >= 0.3 is 0 Å². The Morgan fingerprint density at radius 1 is 1.32 bits per heavy atom. The first-order valence-electron chi connectivity index (χ1n) is 7.67. The monoisotopic (exact) mass is 424 g/mol. The number of benzene rings is 2. The highest BCUT2D eigenvalue weighted by Crippen LogP contribution is 2.29. The zero-order chi connectivity index (χ0) is 18.1. The zero-order valence-electron chi connectivity index (χ0n) is 13.4. The number of nitrogens with one attached hydrogen (secondary N) is 1. The van der Waals surface area contributed by atoms with Crippen LogP contribution in [0.3, 0.4) is 0 Å². The number of nitrogens with zero attached hydrogens (tertiary/aromatic N) is 1. The highest BCUT2D eigenvalue weighted by Gasteiger charge is 2.35. The molecule has 1 N–H and O–H groups in total. The molecule has 0 aliphatic carbocycles. The molecule has 2 aromatic carbocycles. The van der Waals surface area contributed by atoms with Crippen molar-refractivity contribution in [3.63, 3.8) is 0 Å². The van der Waals surface area contributed by atoms with Gasteiger partial charge in [0.05, 0.1) is 11.6 Å². The summed E-state index contributed by atoms with van der Waals surface area (Å²) < 4.78 is 14.4. The van der Waals surface area contributed by atoms with Crippen LogP contribution in [0.2, 0.25) is 5.02 Å². The molecular formula is C18H15BrClFN2O2. The van der Waals surface area contributed by atoms with Crippen molar-refractivity contribution in [3.8, 4) is 0 Å². The van der Waals surface area contributed by atoms with Crippen LogP contribution in [0.1, 0.15) is 12.0 Å². The van der Waals surface area contributed by atoms with Gasteiger partial charge in [0.15, 0.2) is 0 Å². The van der Waals surface area contributed by atoms with Gasteiger partial charge in [-0.05, 0) is 42.8 Å². The Bertz CT molecular complexity index is 859. The molecule has 1 atom stereocenters. The van der Waals surface area contributed by atoms with Crippen LogP contribution < -0.4 is 10.2 Å². The van der Waals surface area contributed by atoms with E-state index in [0.29, 0.717) is 15.2 Å². The molecule has 0 spiro atoms. The van der Waals surface area contributed by atoms with E-state index >= 15 is 0 Å². The molecule has 1 unspecified atom stereocenters. The molecule has 2 aromatic rings. The quantitative estimate of drug-likeness (QED) is 0.785. The van der Waals surface area contributed by atoms with Crippen LogP contribution in [0.5, 0.6) is 0 Å². The summed E-state index contributed by atoms with van der Waals surface area (Å²) in [4.78, 5) is 26.2. The first-order valence-corrected chi connectivity index (χ1v) is 8.84. The third-order valence-electron chi connectivity index (χ3n) is 4.15. The van der Waals surface area contributed by atoms with Crippen molar-refractivity contribution in [2.75, 3.05) is 16.8 Å². The van der Waals surface area contributed by atoms with Gasteiger partial charge in [-0.2, -0.15) is 0 Å². The van der Waals surface area contributed by atoms with Gasteiger partial charge in [-0.25, -0.2) is 4.39 Å². The number of amides is 2. The number of anilines is 2. The van der Waals surface area contributed by atoms with Crippen molar-refractivity contribution < 1.29 is 14.0 Å². The summed E-state index contributed by atoms with van der Waals surface area (Å²) in [6, 6.07) is 9.73. The fraction of sp³-hybridized carbons (Fsp3) is 0.222. The molecule has 1 saturated heterocycles. The molecule has 0 aromatic heterocycles. The van der Waals surface area contributed by atoms with E-state index in [-0.39, 0.29) is 30.5 Å². The Morgan fingerprint density at radius 2 is 2.08 bits per heavy atom. The lowest BCUT2D eigenvalue weighted by Gasteiger charge is -2.17. The third kappa shape index (κ3) is 3.85. The summed E-state index contributed by atoms with van der Waals surface area (Å²) in [5.41, 5.74) is 1.67. The number of carbonyl (C=O) groups excluding carboxylic acids is 2. The first kappa shape index (κ1) is 17.9. The normalized spacial score (nSPS) is 17.0. The smallest absolute Gasteiger partial charge is 0.229 e. The lowest BCUT2D eigenvalue weighted by Crippen LogP contribution is -2.28. The first-order chi connectivity index (χ1) is 11.8. The van der Waals surface area contributed by atoms with Gasteiger partial charge in [0.1, 0.15) is 5.82 Å². The van der Waals surface area contributed by atoms with Gasteiger partial charge in [-0.15, -0.1) is 0 Å². The molecule has 1 heterocycles. The molecule has 3 rings (SSSR count). The zero-order valence-corrected chi connectivity index (χ0v) is 15.7. The van der Waals surface area contributed by atoms with Crippen molar-refractivity contribution in [1.29, 1.82) is 0 Å². The fourth-order valence-corrected chi connectivity index (χ4v) is 3.22. The van der Waals surface area contributed by atoms with E-state index in [1.54, 1.807) is 18.2 Å². The fourth-order valence-electron chi connectivity index (χ4n) is 2.71. The summed E-state index contributed by atoms with van der Waals surface area (Å²) in [7, 11) is 0. The van der Waals surface area contributed by atoms with E-state index in [0.717, 1.165) is 5.56 Å². The minimum absolute atomic E-state index is 0.0788.